The molecule has 5 N–H and O–H groups in total. The maximum Gasteiger partial charge on any atom is 0.335 e. The second-order valence-electron chi connectivity index (χ2n) is 9.01. The van der Waals surface area contributed by atoms with Crippen molar-refractivity contribution < 1.29 is 33.3 Å². The van der Waals surface area contributed by atoms with Gasteiger partial charge in [-0.15, -0.1) is 0 Å². The number of nitrogens with one attached hydrogen (secondary N) is 2. The van der Waals surface area contributed by atoms with E-state index in [4.69, 9.17) is 9.84 Å². The predicted molar refractivity (Wildman–Crippen MR) is 134 cm³/mol. The summed E-state index contributed by atoms with van der Waals surface area (Å²) in [6.45, 7) is 2.20. The molecule has 0 spiro atoms. The largest absolute Gasteiger partial charge is 0.506 e. The second-order valence-corrected chi connectivity index (χ2v) is 10.8. The third-order valence-electron chi connectivity index (χ3n) is 6.32. The van der Waals surface area contributed by atoms with Gasteiger partial charge in [0.1, 0.15) is 24.2 Å². The maximum absolute atomic E-state index is 11.6. The Morgan fingerprint density at radius 1 is 1.11 bits per heavy atom. The van der Waals surface area contributed by atoms with E-state index in [0.717, 1.165) is 37.5 Å². The zero-order valence-electron chi connectivity index (χ0n) is 20.0. The number of phenolic OH excluding ortho intramolecular Hbond substituents is 1. The Labute approximate surface area is 206 Å². The number of hydrogen-bond donors (Lipinski definition) is 5. The maximum atomic E-state index is 11.6. The van der Waals surface area contributed by atoms with Gasteiger partial charge in [0.25, 0.3) is 0 Å². The highest BCUT2D eigenvalue weighted by Crippen LogP contribution is 2.36. The molecule has 35 heavy (non-hydrogen) atoms. The van der Waals surface area contributed by atoms with Gasteiger partial charge in [0.15, 0.2) is 0 Å². The van der Waals surface area contributed by atoms with E-state index in [1.807, 2.05) is 19.1 Å². The van der Waals surface area contributed by atoms with E-state index >= 15 is 0 Å². The molecule has 0 bridgehead atoms. The summed E-state index contributed by atoms with van der Waals surface area (Å²) in [6, 6.07) is 10.3. The van der Waals surface area contributed by atoms with E-state index in [2.05, 4.69) is 10.0 Å². The molecule has 0 radical (unpaired) electrons. The van der Waals surface area contributed by atoms with Crippen molar-refractivity contribution >= 4 is 21.7 Å². The fraction of sp³-hybridized carbons (Fsp3) is 0.480. The summed E-state index contributed by atoms with van der Waals surface area (Å²) in [4.78, 5) is 11.0. The van der Waals surface area contributed by atoms with Gasteiger partial charge < -0.3 is 25.4 Å². The van der Waals surface area contributed by atoms with Crippen molar-refractivity contribution in [2.24, 2.45) is 0 Å². The molecule has 0 amide bonds. The summed E-state index contributed by atoms with van der Waals surface area (Å²) < 4.78 is 31.4. The fourth-order valence-corrected chi connectivity index (χ4v) is 5.08. The number of carbonyl (C=O) groups is 1. The molecule has 1 aliphatic rings. The van der Waals surface area contributed by atoms with Gasteiger partial charge >= 0.3 is 5.97 Å². The van der Waals surface area contributed by atoms with Crippen molar-refractivity contribution in [1.29, 1.82) is 0 Å². The summed E-state index contributed by atoms with van der Waals surface area (Å²) in [7, 11) is -3.58. The molecule has 0 unspecified atom stereocenters. The van der Waals surface area contributed by atoms with Crippen LogP contribution in [0.15, 0.2) is 36.4 Å². The van der Waals surface area contributed by atoms with Crippen LogP contribution in [-0.2, 0) is 16.4 Å². The zero-order valence-corrected chi connectivity index (χ0v) is 20.8. The smallest absolute Gasteiger partial charge is 0.335 e. The molecular formula is C25H34N2O7S. The van der Waals surface area contributed by atoms with Crippen molar-refractivity contribution in [2.75, 3.05) is 24.1 Å². The van der Waals surface area contributed by atoms with Crippen LogP contribution in [0.4, 0.5) is 5.69 Å². The van der Waals surface area contributed by atoms with Gasteiger partial charge in [0.2, 0.25) is 10.0 Å². The number of aromatic hydroxyl groups is 1. The Bertz CT molecular complexity index is 1110. The lowest BCUT2D eigenvalue weighted by Crippen LogP contribution is -2.39. The molecule has 3 rings (SSSR count). The minimum absolute atomic E-state index is 0.0222. The highest BCUT2D eigenvalue weighted by Gasteiger charge is 2.23. The van der Waals surface area contributed by atoms with Crippen molar-refractivity contribution in [2.45, 2.75) is 57.1 Å². The number of phenols is 1. The Balaban J connectivity index is 1.47. The lowest BCUT2D eigenvalue weighted by Gasteiger charge is -2.30. The summed E-state index contributed by atoms with van der Waals surface area (Å²) in [6.07, 6.45) is 4.56. The minimum Gasteiger partial charge on any atom is -0.506 e. The molecule has 2 aromatic rings. The highest BCUT2D eigenvalue weighted by atomic mass is 32.2. The lowest BCUT2D eigenvalue weighted by molar-refractivity contribution is 0.0696. The summed E-state index contributed by atoms with van der Waals surface area (Å²) >= 11 is 0. The van der Waals surface area contributed by atoms with E-state index in [1.165, 1.54) is 6.07 Å². The average Bonchev–Trinajstić information content (AvgIpc) is 2.82. The molecular weight excluding hydrogens is 472 g/mol. The van der Waals surface area contributed by atoms with Gasteiger partial charge in [-0.1, -0.05) is 19.1 Å². The third kappa shape index (κ3) is 7.58. The Kier molecular flexibility index (Phi) is 8.98. The first-order valence-corrected chi connectivity index (χ1v) is 13.7. The number of sulfonamides is 1. The molecule has 1 aliphatic carbocycles. The summed E-state index contributed by atoms with van der Waals surface area (Å²) in [5.74, 6) is -0.296. The molecule has 10 heteroatoms. The molecule has 0 saturated heterocycles. The number of ether oxygens (including phenoxy) is 1. The fourth-order valence-electron chi connectivity index (χ4n) is 4.48. The van der Waals surface area contributed by atoms with Gasteiger partial charge in [0.05, 0.1) is 17.5 Å². The number of carboxylic acids is 1. The van der Waals surface area contributed by atoms with Gasteiger partial charge in [-0.3, -0.25) is 4.72 Å². The Morgan fingerprint density at radius 2 is 1.77 bits per heavy atom. The topological polar surface area (TPSA) is 145 Å². The Morgan fingerprint density at radius 3 is 2.34 bits per heavy atom. The standard InChI is InChI=1S/C25H34N2O7S/c1-3-21-23(13-12-22(29)24(21)27-35(2,32)33)34-15-20(28)14-26-19-10-8-17(9-11-19)16-4-6-18(7-5-16)25(30)31/h4-7,12-13,17,19-20,26-29H,3,8-11,14-15H2,1-2H3,(H,30,31)/t17?,19?,20-/m0/s1. The van der Waals surface area contributed by atoms with Crippen LogP contribution in [0, 0.1) is 0 Å². The zero-order chi connectivity index (χ0) is 25.6. The van der Waals surface area contributed by atoms with E-state index in [0.29, 0.717) is 35.8 Å². The first-order valence-electron chi connectivity index (χ1n) is 11.8. The van der Waals surface area contributed by atoms with E-state index in [1.54, 1.807) is 18.2 Å². The number of aliphatic hydroxyl groups excluding tert-OH is 1. The molecule has 0 aromatic heterocycles. The number of rotatable bonds is 11. The summed E-state index contributed by atoms with van der Waals surface area (Å²) in [5.41, 5.74) is 2.06. The van der Waals surface area contributed by atoms with E-state index < -0.39 is 22.1 Å². The molecule has 1 fully saturated rings. The molecule has 9 nitrogen and oxygen atoms in total. The Hall–Kier alpha value is -2.82. The summed E-state index contributed by atoms with van der Waals surface area (Å²) in [5, 5.41) is 32.9. The van der Waals surface area contributed by atoms with Crippen LogP contribution in [0.1, 0.15) is 60.0 Å². The second kappa shape index (κ2) is 11.7. The number of aromatic carboxylic acids is 1. The SMILES string of the molecule is CCc1c(OC[C@@H](O)CNC2CCC(c3ccc(C(=O)O)cc3)CC2)ccc(O)c1NS(C)(=O)=O. The minimum atomic E-state index is -3.58. The van der Waals surface area contributed by atoms with Gasteiger partial charge in [-0.2, -0.15) is 0 Å². The van der Waals surface area contributed by atoms with Crippen LogP contribution in [0.3, 0.4) is 0 Å². The van der Waals surface area contributed by atoms with Crippen molar-refractivity contribution in [3.8, 4) is 11.5 Å². The number of anilines is 1. The van der Waals surface area contributed by atoms with Crippen LogP contribution in [0.2, 0.25) is 0 Å². The van der Waals surface area contributed by atoms with Crippen molar-refractivity contribution in [3.05, 3.63) is 53.1 Å². The van der Waals surface area contributed by atoms with Crippen molar-refractivity contribution in [3.63, 3.8) is 0 Å². The van der Waals surface area contributed by atoms with Gasteiger partial charge in [0, 0.05) is 18.2 Å². The predicted octanol–water partition coefficient (Wildman–Crippen LogP) is 3.08. The lowest BCUT2D eigenvalue weighted by atomic mass is 9.81. The first kappa shape index (κ1) is 26.8. The van der Waals surface area contributed by atoms with Gasteiger partial charge in [-0.25, -0.2) is 13.2 Å². The average molecular weight is 507 g/mol. The van der Waals surface area contributed by atoms with Crippen LogP contribution in [-0.4, -0.2) is 61.3 Å². The monoisotopic (exact) mass is 506 g/mol. The molecule has 0 heterocycles. The van der Waals surface area contributed by atoms with Crippen molar-refractivity contribution in [1.82, 2.24) is 5.32 Å². The molecule has 2 aromatic carbocycles. The molecule has 192 valence electrons. The van der Waals surface area contributed by atoms with E-state index in [9.17, 15) is 23.4 Å². The van der Waals surface area contributed by atoms with Crippen LogP contribution >= 0.6 is 0 Å². The van der Waals surface area contributed by atoms with E-state index in [-0.39, 0.29) is 24.1 Å². The third-order valence-corrected chi connectivity index (χ3v) is 6.89. The number of aliphatic hydroxyl groups is 1. The van der Waals surface area contributed by atoms with Crippen LogP contribution in [0.25, 0.3) is 0 Å². The van der Waals surface area contributed by atoms with Crippen LogP contribution in [0.5, 0.6) is 11.5 Å². The molecule has 1 saturated carbocycles. The molecule has 0 aliphatic heterocycles. The molecule has 1 atom stereocenters. The number of carboxylic acid groups (broad SMARTS) is 1. The number of hydrogen-bond acceptors (Lipinski definition) is 7. The van der Waals surface area contributed by atoms with Gasteiger partial charge in [-0.05, 0) is 67.9 Å². The first-order chi connectivity index (χ1) is 16.6. The normalized spacial score (nSPS) is 19.2. The number of benzene rings is 2. The quantitative estimate of drug-likeness (QED) is 0.292. The van der Waals surface area contributed by atoms with Crippen LogP contribution < -0.4 is 14.8 Å². The highest BCUT2D eigenvalue weighted by molar-refractivity contribution is 7.92.